The third-order valence-corrected chi connectivity index (χ3v) is 5.34. The molecule has 4 heteroatoms. The lowest BCUT2D eigenvalue weighted by Gasteiger charge is -2.38. The van der Waals surface area contributed by atoms with E-state index in [0.29, 0.717) is 18.9 Å². The number of carbonyl (C=O) groups excluding carboxylic acids is 1. The molecule has 2 atom stereocenters. The summed E-state index contributed by atoms with van der Waals surface area (Å²) in [6, 6.07) is 0. The van der Waals surface area contributed by atoms with Gasteiger partial charge in [-0.25, -0.2) is 4.98 Å². The molecular formula is C16H25NO2S. The number of ether oxygens (including phenoxy) is 1. The van der Waals surface area contributed by atoms with Crippen LogP contribution in [-0.4, -0.2) is 23.0 Å². The maximum Gasteiger partial charge on any atom is 0.171 e. The highest BCUT2D eigenvalue weighted by Crippen LogP contribution is 2.37. The van der Waals surface area contributed by atoms with Gasteiger partial charge in [0.1, 0.15) is 10.6 Å². The minimum Gasteiger partial charge on any atom is -0.367 e. The molecule has 0 aromatic carbocycles. The number of aryl methyl sites for hydroxylation is 2. The summed E-state index contributed by atoms with van der Waals surface area (Å²) >= 11 is 1.64. The van der Waals surface area contributed by atoms with Crippen molar-refractivity contribution in [1.82, 2.24) is 4.98 Å². The van der Waals surface area contributed by atoms with Crippen LogP contribution in [0.15, 0.2) is 0 Å². The average Bonchev–Trinajstić information content (AvgIpc) is 2.68. The molecule has 1 aliphatic carbocycles. The molecular weight excluding hydrogens is 270 g/mol. The Labute approximate surface area is 125 Å². The Balaban J connectivity index is 2.14. The standard InChI is InChI=1S/C16H25NO2S/c1-5-19-16(8-6-7-11(2)10-16)14(18)9-15-17-12(3)13(4)20-15/h11H,5-10H2,1-4H3. The van der Waals surface area contributed by atoms with Crippen LogP contribution in [0.1, 0.15) is 55.1 Å². The van der Waals surface area contributed by atoms with Gasteiger partial charge in [0.15, 0.2) is 5.78 Å². The van der Waals surface area contributed by atoms with E-state index < -0.39 is 5.60 Å². The fourth-order valence-electron chi connectivity index (χ4n) is 3.16. The first-order valence-electron chi connectivity index (χ1n) is 7.57. The lowest BCUT2D eigenvalue weighted by molar-refractivity contribution is -0.150. The summed E-state index contributed by atoms with van der Waals surface area (Å²) in [6.07, 6.45) is 4.45. The zero-order valence-electron chi connectivity index (χ0n) is 13.0. The summed E-state index contributed by atoms with van der Waals surface area (Å²) in [6.45, 7) is 8.86. The Morgan fingerprint density at radius 1 is 1.50 bits per heavy atom. The molecule has 1 saturated carbocycles. The zero-order valence-corrected chi connectivity index (χ0v) is 13.8. The first-order valence-corrected chi connectivity index (χ1v) is 8.38. The maximum absolute atomic E-state index is 12.8. The molecule has 0 N–H and O–H groups in total. The normalized spacial score (nSPS) is 26.7. The predicted molar refractivity (Wildman–Crippen MR) is 82.3 cm³/mol. The van der Waals surface area contributed by atoms with Crippen LogP contribution in [0.25, 0.3) is 0 Å². The summed E-state index contributed by atoms with van der Waals surface area (Å²) in [4.78, 5) is 18.5. The van der Waals surface area contributed by atoms with Crippen LogP contribution in [-0.2, 0) is 16.0 Å². The second-order valence-corrected chi connectivity index (χ2v) is 7.27. The number of ketones is 1. The van der Waals surface area contributed by atoms with Gasteiger partial charge >= 0.3 is 0 Å². The van der Waals surface area contributed by atoms with E-state index in [1.807, 2.05) is 13.8 Å². The average molecular weight is 295 g/mol. The Morgan fingerprint density at radius 3 is 2.80 bits per heavy atom. The van der Waals surface area contributed by atoms with Crippen molar-refractivity contribution in [2.45, 2.75) is 65.4 Å². The van der Waals surface area contributed by atoms with Crippen molar-refractivity contribution in [3.8, 4) is 0 Å². The lowest BCUT2D eigenvalue weighted by atomic mass is 9.75. The topological polar surface area (TPSA) is 39.2 Å². The van der Waals surface area contributed by atoms with Crippen LogP contribution in [0.3, 0.4) is 0 Å². The van der Waals surface area contributed by atoms with Crippen molar-refractivity contribution < 1.29 is 9.53 Å². The minimum atomic E-state index is -0.556. The number of carbonyl (C=O) groups is 1. The number of hydrogen-bond donors (Lipinski definition) is 0. The van der Waals surface area contributed by atoms with Crippen molar-refractivity contribution in [2.75, 3.05) is 6.61 Å². The van der Waals surface area contributed by atoms with Crippen LogP contribution in [0.4, 0.5) is 0 Å². The molecule has 1 aliphatic rings. The highest BCUT2D eigenvalue weighted by Gasteiger charge is 2.42. The van der Waals surface area contributed by atoms with Gasteiger partial charge in [0.25, 0.3) is 0 Å². The van der Waals surface area contributed by atoms with Gasteiger partial charge in [-0.05, 0) is 46.0 Å². The third kappa shape index (κ3) is 3.29. The summed E-state index contributed by atoms with van der Waals surface area (Å²) < 4.78 is 5.94. The minimum absolute atomic E-state index is 0.222. The van der Waals surface area contributed by atoms with E-state index in [4.69, 9.17) is 4.74 Å². The van der Waals surface area contributed by atoms with Crippen molar-refractivity contribution in [2.24, 2.45) is 5.92 Å². The molecule has 0 spiro atoms. The Bertz CT molecular complexity index is 459. The van der Waals surface area contributed by atoms with Gasteiger partial charge in [0.05, 0.1) is 12.1 Å². The van der Waals surface area contributed by atoms with E-state index >= 15 is 0 Å². The third-order valence-electron chi connectivity index (χ3n) is 4.27. The molecule has 1 aromatic rings. The van der Waals surface area contributed by atoms with E-state index in [2.05, 4.69) is 18.8 Å². The summed E-state index contributed by atoms with van der Waals surface area (Å²) in [5.74, 6) is 0.790. The maximum atomic E-state index is 12.8. The van der Waals surface area contributed by atoms with Crippen LogP contribution in [0.5, 0.6) is 0 Å². The molecule has 0 radical (unpaired) electrons. The number of Topliss-reactive ketones (excluding diaryl/α,β-unsaturated/α-hetero) is 1. The molecule has 3 nitrogen and oxygen atoms in total. The lowest BCUT2D eigenvalue weighted by Crippen LogP contribution is -2.46. The Kier molecular flexibility index (Phi) is 4.97. The number of hydrogen-bond acceptors (Lipinski definition) is 4. The number of rotatable bonds is 5. The van der Waals surface area contributed by atoms with Crippen molar-refractivity contribution in [3.63, 3.8) is 0 Å². The van der Waals surface area contributed by atoms with E-state index in [9.17, 15) is 4.79 Å². The molecule has 1 heterocycles. The molecule has 1 fully saturated rings. The summed E-state index contributed by atoms with van der Waals surface area (Å²) in [5.41, 5.74) is 0.486. The van der Waals surface area contributed by atoms with Crippen molar-refractivity contribution >= 4 is 17.1 Å². The number of thiazole rings is 1. The van der Waals surface area contributed by atoms with Crippen molar-refractivity contribution in [1.29, 1.82) is 0 Å². The van der Waals surface area contributed by atoms with Gasteiger partial charge in [-0.1, -0.05) is 13.3 Å². The Hall–Kier alpha value is -0.740. The zero-order chi connectivity index (χ0) is 14.8. The molecule has 20 heavy (non-hydrogen) atoms. The van der Waals surface area contributed by atoms with Gasteiger partial charge in [-0.15, -0.1) is 11.3 Å². The smallest absolute Gasteiger partial charge is 0.171 e. The number of nitrogens with zero attached hydrogens (tertiary/aromatic N) is 1. The van der Waals surface area contributed by atoms with Crippen LogP contribution < -0.4 is 0 Å². The van der Waals surface area contributed by atoms with Gasteiger partial charge in [0.2, 0.25) is 0 Å². The number of aromatic nitrogens is 1. The van der Waals surface area contributed by atoms with E-state index in [1.54, 1.807) is 11.3 Å². The van der Waals surface area contributed by atoms with Gasteiger partial charge in [-0.2, -0.15) is 0 Å². The van der Waals surface area contributed by atoms with Gasteiger partial charge in [0, 0.05) is 11.5 Å². The molecule has 1 aromatic heterocycles. The summed E-state index contributed by atoms with van der Waals surface area (Å²) in [7, 11) is 0. The van der Waals surface area contributed by atoms with E-state index in [-0.39, 0.29) is 5.78 Å². The second kappa shape index (κ2) is 6.35. The fraction of sp³-hybridized carbons (Fsp3) is 0.750. The van der Waals surface area contributed by atoms with Crippen LogP contribution >= 0.6 is 11.3 Å². The van der Waals surface area contributed by atoms with E-state index in [0.717, 1.165) is 30.0 Å². The molecule has 0 aliphatic heterocycles. The van der Waals surface area contributed by atoms with Gasteiger partial charge < -0.3 is 4.74 Å². The van der Waals surface area contributed by atoms with Gasteiger partial charge in [-0.3, -0.25) is 4.79 Å². The van der Waals surface area contributed by atoms with Crippen LogP contribution in [0.2, 0.25) is 0 Å². The van der Waals surface area contributed by atoms with Crippen LogP contribution in [0, 0.1) is 19.8 Å². The molecule has 2 rings (SSSR count). The quantitative estimate of drug-likeness (QED) is 0.828. The molecule has 0 amide bonds. The molecule has 2 unspecified atom stereocenters. The SMILES string of the molecule is CCOC1(C(=O)Cc2nc(C)c(C)s2)CCCC(C)C1. The fourth-order valence-corrected chi connectivity index (χ4v) is 4.09. The second-order valence-electron chi connectivity index (χ2n) is 5.98. The largest absolute Gasteiger partial charge is 0.367 e. The highest BCUT2D eigenvalue weighted by molar-refractivity contribution is 7.11. The van der Waals surface area contributed by atoms with Crippen molar-refractivity contribution in [3.05, 3.63) is 15.6 Å². The molecule has 0 saturated heterocycles. The molecule has 0 bridgehead atoms. The Morgan fingerprint density at radius 2 is 2.25 bits per heavy atom. The molecule has 112 valence electrons. The highest BCUT2D eigenvalue weighted by atomic mass is 32.1. The first-order chi connectivity index (χ1) is 9.47. The summed E-state index contributed by atoms with van der Waals surface area (Å²) in [5, 5.41) is 0.933. The monoisotopic (exact) mass is 295 g/mol. The predicted octanol–water partition coefficient (Wildman–Crippen LogP) is 3.86. The first kappa shape index (κ1) is 15.6. The van der Waals surface area contributed by atoms with E-state index in [1.165, 1.54) is 11.3 Å².